The summed E-state index contributed by atoms with van der Waals surface area (Å²) in [6.07, 6.45) is 1.40. The summed E-state index contributed by atoms with van der Waals surface area (Å²) in [6, 6.07) is 5.51. The van der Waals surface area contributed by atoms with E-state index in [1.807, 2.05) is 0 Å². The van der Waals surface area contributed by atoms with E-state index in [-0.39, 0.29) is 5.56 Å². The van der Waals surface area contributed by atoms with Crippen LogP contribution in [0, 0.1) is 16.3 Å². The van der Waals surface area contributed by atoms with Crippen molar-refractivity contribution in [1.82, 2.24) is 10.2 Å². The molecule has 0 amide bonds. The number of halogens is 2. The first kappa shape index (κ1) is 9.92. The Morgan fingerprint density at radius 3 is 2.80 bits per heavy atom. The molecule has 0 radical (unpaired) electrons. The van der Waals surface area contributed by atoms with Gasteiger partial charge >= 0.3 is 0 Å². The molecule has 0 saturated heterocycles. The van der Waals surface area contributed by atoms with Gasteiger partial charge in [0.2, 0.25) is 0 Å². The normalized spacial score (nSPS) is 10.3. The Kier molecular flexibility index (Phi) is 2.55. The van der Waals surface area contributed by atoms with Crippen LogP contribution in [0.3, 0.4) is 0 Å². The van der Waals surface area contributed by atoms with Crippen molar-refractivity contribution < 1.29 is 8.78 Å². The summed E-state index contributed by atoms with van der Waals surface area (Å²) >= 11 is 4.84. The zero-order chi connectivity index (χ0) is 10.8. The van der Waals surface area contributed by atoms with Gasteiger partial charge in [-0.2, -0.15) is 5.10 Å². The summed E-state index contributed by atoms with van der Waals surface area (Å²) < 4.78 is 26.7. The Bertz CT molecular complexity index is 551. The first-order valence-electron chi connectivity index (χ1n) is 4.17. The quantitative estimate of drug-likeness (QED) is 0.754. The molecule has 0 fully saturated rings. The van der Waals surface area contributed by atoms with Gasteiger partial charge in [-0.15, -0.1) is 0 Å². The molecular formula is C10H6F2N2S. The third-order valence-corrected chi connectivity index (χ3v) is 2.14. The van der Waals surface area contributed by atoms with E-state index in [4.69, 9.17) is 12.2 Å². The molecule has 2 rings (SSSR count). The topological polar surface area (TPSA) is 28.7 Å². The van der Waals surface area contributed by atoms with Crippen molar-refractivity contribution in [1.29, 1.82) is 0 Å². The van der Waals surface area contributed by atoms with Crippen molar-refractivity contribution in [2.24, 2.45) is 0 Å². The lowest BCUT2D eigenvalue weighted by Crippen LogP contribution is -1.90. The number of H-pyrrole nitrogens is 1. The molecule has 5 heteroatoms. The van der Waals surface area contributed by atoms with Gasteiger partial charge in [0.05, 0.1) is 6.20 Å². The number of rotatable bonds is 1. The summed E-state index contributed by atoms with van der Waals surface area (Å²) in [5.41, 5.74) is 0.610. The lowest BCUT2D eigenvalue weighted by molar-refractivity contribution is 0.511. The lowest BCUT2D eigenvalue weighted by Gasteiger charge is -2.02. The summed E-state index contributed by atoms with van der Waals surface area (Å²) in [4.78, 5) is 0. The molecule has 1 aromatic carbocycles. The van der Waals surface area contributed by atoms with Crippen molar-refractivity contribution in [3.8, 4) is 11.1 Å². The number of hydrogen-bond acceptors (Lipinski definition) is 2. The largest absolute Gasteiger partial charge is 0.268 e. The molecule has 2 nitrogen and oxygen atoms in total. The summed E-state index contributed by atoms with van der Waals surface area (Å²) in [5, 5.41) is 6.24. The van der Waals surface area contributed by atoms with Gasteiger partial charge in [0, 0.05) is 11.1 Å². The average molecular weight is 224 g/mol. The van der Waals surface area contributed by atoms with Crippen molar-refractivity contribution in [3.05, 3.63) is 46.7 Å². The van der Waals surface area contributed by atoms with Crippen LogP contribution in [0.5, 0.6) is 0 Å². The smallest absolute Gasteiger partial charge is 0.166 e. The predicted octanol–water partition coefficient (Wildman–Crippen LogP) is 3.08. The number of aromatic nitrogens is 2. The van der Waals surface area contributed by atoms with Crippen LogP contribution in [-0.4, -0.2) is 10.2 Å². The highest BCUT2D eigenvalue weighted by molar-refractivity contribution is 7.71. The highest BCUT2D eigenvalue weighted by Gasteiger charge is 2.09. The Morgan fingerprint density at radius 1 is 1.27 bits per heavy atom. The monoisotopic (exact) mass is 224 g/mol. The summed E-state index contributed by atoms with van der Waals surface area (Å²) in [7, 11) is 0. The van der Waals surface area contributed by atoms with Gasteiger partial charge in [0.1, 0.15) is 4.64 Å². The fraction of sp³-hybridized carbons (Fsp3) is 0. The molecule has 1 heterocycles. The van der Waals surface area contributed by atoms with E-state index in [9.17, 15) is 8.78 Å². The molecule has 0 aliphatic carbocycles. The van der Waals surface area contributed by atoms with Crippen LogP contribution in [0.15, 0.2) is 30.5 Å². The predicted molar refractivity (Wildman–Crippen MR) is 54.8 cm³/mol. The zero-order valence-electron chi connectivity index (χ0n) is 7.50. The Labute approximate surface area is 89.6 Å². The van der Waals surface area contributed by atoms with Crippen LogP contribution in [0.25, 0.3) is 11.1 Å². The first-order chi connectivity index (χ1) is 7.18. The van der Waals surface area contributed by atoms with E-state index in [0.717, 1.165) is 6.07 Å². The van der Waals surface area contributed by atoms with Crippen LogP contribution in [-0.2, 0) is 0 Å². The third-order valence-electron chi connectivity index (χ3n) is 1.93. The Balaban J connectivity index is 2.64. The minimum absolute atomic E-state index is 0.155. The molecule has 2 aromatic rings. The molecule has 1 aromatic heterocycles. The average Bonchev–Trinajstić information content (AvgIpc) is 2.22. The third kappa shape index (κ3) is 1.92. The maximum atomic E-state index is 13.4. The number of benzene rings is 1. The molecule has 15 heavy (non-hydrogen) atoms. The summed E-state index contributed by atoms with van der Waals surface area (Å²) in [5.74, 6) is -1.77. The summed E-state index contributed by atoms with van der Waals surface area (Å²) in [6.45, 7) is 0. The zero-order valence-corrected chi connectivity index (χ0v) is 8.31. The van der Waals surface area contributed by atoms with Gasteiger partial charge in [0.15, 0.2) is 11.6 Å². The minimum Gasteiger partial charge on any atom is -0.268 e. The van der Waals surface area contributed by atoms with E-state index < -0.39 is 11.6 Å². The van der Waals surface area contributed by atoms with E-state index in [1.54, 1.807) is 0 Å². The van der Waals surface area contributed by atoms with E-state index in [0.29, 0.717) is 10.2 Å². The second-order valence-electron chi connectivity index (χ2n) is 2.94. The van der Waals surface area contributed by atoms with Gasteiger partial charge < -0.3 is 0 Å². The van der Waals surface area contributed by atoms with Crippen LogP contribution in [0.1, 0.15) is 0 Å². The van der Waals surface area contributed by atoms with Crippen LogP contribution < -0.4 is 0 Å². The van der Waals surface area contributed by atoms with Crippen molar-refractivity contribution in [3.63, 3.8) is 0 Å². The maximum Gasteiger partial charge on any atom is 0.166 e. The molecule has 0 bridgehead atoms. The van der Waals surface area contributed by atoms with E-state index >= 15 is 0 Å². The molecule has 0 saturated carbocycles. The number of nitrogens with zero attached hydrogens (tertiary/aromatic N) is 1. The molecule has 1 N–H and O–H groups in total. The highest BCUT2D eigenvalue weighted by Crippen LogP contribution is 2.23. The van der Waals surface area contributed by atoms with Crippen molar-refractivity contribution in [2.75, 3.05) is 0 Å². The highest BCUT2D eigenvalue weighted by atomic mass is 32.1. The van der Waals surface area contributed by atoms with Gasteiger partial charge in [0.25, 0.3) is 0 Å². The number of hydrogen-bond donors (Lipinski definition) is 1. The molecule has 0 aliphatic rings. The van der Waals surface area contributed by atoms with Gasteiger partial charge in [-0.1, -0.05) is 24.4 Å². The van der Waals surface area contributed by atoms with Crippen molar-refractivity contribution in [2.45, 2.75) is 0 Å². The van der Waals surface area contributed by atoms with Gasteiger partial charge in [-0.05, 0) is 12.1 Å². The van der Waals surface area contributed by atoms with Crippen LogP contribution >= 0.6 is 12.2 Å². The molecule has 76 valence electrons. The van der Waals surface area contributed by atoms with Crippen molar-refractivity contribution >= 4 is 12.2 Å². The minimum atomic E-state index is -0.889. The Hall–Kier alpha value is -1.62. The first-order valence-corrected chi connectivity index (χ1v) is 4.58. The van der Waals surface area contributed by atoms with E-state index in [1.165, 1.54) is 24.4 Å². The molecule has 0 unspecified atom stereocenters. The lowest BCUT2D eigenvalue weighted by atomic mass is 10.1. The Morgan fingerprint density at radius 2 is 2.07 bits per heavy atom. The second-order valence-corrected chi connectivity index (χ2v) is 3.38. The van der Waals surface area contributed by atoms with Crippen LogP contribution in [0.4, 0.5) is 8.78 Å². The molecule has 0 atom stereocenters. The second kappa shape index (κ2) is 3.86. The number of nitrogens with one attached hydrogen (secondary N) is 1. The van der Waals surface area contributed by atoms with Gasteiger partial charge in [-0.25, -0.2) is 8.78 Å². The molecular weight excluding hydrogens is 218 g/mol. The van der Waals surface area contributed by atoms with Crippen LogP contribution in [0.2, 0.25) is 0 Å². The number of aromatic amines is 1. The molecule has 0 spiro atoms. The fourth-order valence-corrected chi connectivity index (χ4v) is 1.43. The van der Waals surface area contributed by atoms with E-state index in [2.05, 4.69) is 10.2 Å². The maximum absolute atomic E-state index is 13.4. The standard InChI is InChI=1S/C10H6F2N2S/c11-8-3-1-2-7(10(8)12)6-4-9(15)14-13-5-6/h1-5H,(H,14,15). The SMILES string of the molecule is Fc1cccc(-c2cn[nH]c(=S)c2)c1F. The fourth-order valence-electron chi connectivity index (χ4n) is 1.25. The molecule has 0 aliphatic heterocycles. The van der Waals surface area contributed by atoms with Gasteiger partial charge in [-0.3, -0.25) is 5.10 Å².